The first kappa shape index (κ1) is 48.5. The quantitative estimate of drug-likeness (QED) is 0.133. The summed E-state index contributed by atoms with van der Waals surface area (Å²) < 4.78 is 49.9. The van der Waals surface area contributed by atoms with E-state index in [-0.39, 0.29) is 24.4 Å². The first-order chi connectivity index (χ1) is 29.6. The minimum Gasteiger partial charge on any atom is -0.449 e. The van der Waals surface area contributed by atoms with Crippen LogP contribution in [0.25, 0.3) is 0 Å². The Hall–Kier alpha value is -1.46. The second-order valence-electron chi connectivity index (χ2n) is 22.3. The number of hydrogen-bond acceptors (Lipinski definition) is 7. The summed E-state index contributed by atoms with van der Waals surface area (Å²) in [5.41, 5.74) is 2.17. The Balaban J connectivity index is 1.18. The normalized spacial score (nSPS) is 33.8. The second kappa shape index (κ2) is 21.9. The van der Waals surface area contributed by atoms with Crippen molar-refractivity contribution in [2.24, 2.45) is 71.0 Å². The van der Waals surface area contributed by atoms with Gasteiger partial charge in [-0.2, -0.15) is 0 Å². The van der Waals surface area contributed by atoms with Gasteiger partial charge in [-0.3, -0.25) is 18.1 Å². The highest BCUT2D eigenvalue weighted by Crippen LogP contribution is 2.57. The monoisotopic (exact) mass is 895 g/mol. The molecule has 0 spiro atoms. The zero-order valence-corrected chi connectivity index (χ0v) is 42.4. The molecule has 0 amide bonds. The van der Waals surface area contributed by atoms with Gasteiger partial charge in [-0.15, -0.1) is 0 Å². The van der Waals surface area contributed by atoms with Crippen molar-refractivity contribution in [3.63, 3.8) is 0 Å². The van der Waals surface area contributed by atoms with E-state index in [1.807, 2.05) is 12.1 Å². The summed E-state index contributed by atoms with van der Waals surface area (Å²) >= 11 is 0. The Labute approximate surface area is 380 Å². The SMILES string of the molecule is CC(C)C1CC[C@@H](C)C[C@H]1OP(Oc1cccc2c1Oc1c(cccc1OP(O[C@@H]1C[C@H](C)CCC1C(C)C)O[C@@H]1C[C@H](C)CC[C@H]1C(C)C)C2)O[C@@H]1C[C@H](C)CC[C@H]1C(C)C. The van der Waals surface area contributed by atoms with Crippen LogP contribution in [0.1, 0.15) is 171 Å². The lowest BCUT2D eigenvalue weighted by Gasteiger charge is -2.41. The molecule has 7 rings (SSSR count). The topological polar surface area (TPSA) is 64.6 Å². The lowest BCUT2D eigenvalue weighted by Crippen LogP contribution is -2.36. The largest absolute Gasteiger partial charge is 0.449 e. The van der Waals surface area contributed by atoms with Gasteiger partial charge in [0, 0.05) is 17.5 Å². The zero-order valence-electron chi connectivity index (χ0n) is 40.6. The molecule has 4 saturated carbocycles. The van der Waals surface area contributed by atoms with Crippen molar-refractivity contribution in [3.05, 3.63) is 47.5 Å². The third-order valence-electron chi connectivity index (χ3n) is 15.8. The van der Waals surface area contributed by atoms with E-state index in [0.717, 1.165) is 48.3 Å². The molecule has 0 N–H and O–H groups in total. The number of hydrogen-bond donors (Lipinski definition) is 0. The van der Waals surface area contributed by atoms with E-state index in [0.29, 0.717) is 88.9 Å². The van der Waals surface area contributed by atoms with Crippen molar-refractivity contribution < 1.29 is 31.9 Å². The molecule has 0 aromatic heterocycles. The van der Waals surface area contributed by atoms with E-state index in [9.17, 15) is 0 Å². The lowest BCUT2D eigenvalue weighted by atomic mass is 9.75. The van der Waals surface area contributed by atoms with Gasteiger partial charge >= 0.3 is 17.2 Å². The minimum absolute atomic E-state index is 0.0914. The minimum atomic E-state index is -1.72. The van der Waals surface area contributed by atoms with Gasteiger partial charge in [-0.25, -0.2) is 0 Å². The first-order valence-corrected chi connectivity index (χ1v) is 27.4. The van der Waals surface area contributed by atoms with Gasteiger partial charge in [0.1, 0.15) is 0 Å². The van der Waals surface area contributed by atoms with Crippen molar-refractivity contribution in [2.45, 2.75) is 191 Å². The molecule has 4 unspecified atom stereocenters. The third-order valence-corrected chi connectivity index (χ3v) is 18.2. The van der Waals surface area contributed by atoms with Gasteiger partial charge in [0.05, 0.1) is 24.4 Å². The van der Waals surface area contributed by atoms with Gasteiger partial charge in [-0.1, -0.05) is 133 Å². The highest BCUT2D eigenvalue weighted by Gasteiger charge is 2.42. The summed E-state index contributed by atoms with van der Waals surface area (Å²) in [5.74, 6) is 9.24. The average Bonchev–Trinajstić information content (AvgIpc) is 3.20. The van der Waals surface area contributed by atoms with E-state index in [2.05, 4.69) is 107 Å². The third kappa shape index (κ3) is 12.1. The molecule has 1 aliphatic heterocycles. The Kier molecular flexibility index (Phi) is 17.1. The van der Waals surface area contributed by atoms with Crippen molar-refractivity contribution >= 4 is 17.2 Å². The van der Waals surface area contributed by atoms with Crippen LogP contribution in [0.2, 0.25) is 0 Å². The highest BCUT2D eigenvalue weighted by atomic mass is 31.2. The summed E-state index contributed by atoms with van der Waals surface area (Å²) in [4.78, 5) is 0. The van der Waals surface area contributed by atoms with Crippen LogP contribution in [0.4, 0.5) is 0 Å². The molecule has 4 aliphatic carbocycles. The maximum Gasteiger partial charge on any atom is 0.397 e. The second-order valence-corrected chi connectivity index (χ2v) is 24.4. The zero-order chi connectivity index (χ0) is 44.2. The number of ether oxygens (including phenoxy) is 1. The van der Waals surface area contributed by atoms with Gasteiger partial charge in [0.25, 0.3) is 0 Å². The fourth-order valence-electron chi connectivity index (χ4n) is 11.8. The van der Waals surface area contributed by atoms with Crippen molar-refractivity contribution in [1.82, 2.24) is 0 Å². The molecule has 0 radical (unpaired) electrons. The molecule has 348 valence electrons. The van der Waals surface area contributed by atoms with Gasteiger partial charge < -0.3 is 13.8 Å². The summed E-state index contributed by atoms with van der Waals surface area (Å²) in [6, 6.07) is 12.6. The van der Waals surface area contributed by atoms with Gasteiger partial charge in [-0.05, 0) is 135 Å². The number of fused-ring (bicyclic) bond motifs is 2. The van der Waals surface area contributed by atoms with Crippen LogP contribution in [0.15, 0.2) is 36.4 Å². The predicted molar refractivity (Wildman–Crippen MR) is 256 cm³/mol. The lowest BCUT2D eigenvalue weighted by molar-refractivity contribution is -0.00311. The van der Waals surface area contributed by atoms with Crippen LogP contribution >= 0.6 is 17.2 Å². The Bertz CT molecular complexity index is 1530. The molecule has 2 aromatic carbocycles. The fraction of sp³-hybridized carbons (Fsp3) is 0.774. The van der Waals surface area contributed by atoms with Crippen LogP contribution in [-0.2, 0) is 24.5 Å². The average molecular weight is 895 g/mol. The van der Waals surface area contributed by atoms with Crippen LogP contribution < -0.4 is 13.8 Å². The predicted octanol–water partition coefficient (Wildman–Crippen LogP) is 16.5. The first-order valence-electron chi connectivity index (χ1n) is 25.2. The molecule has 4 fully saturated rings. The highest BCUT2D eigenvalue weighted by molar-refractivity contribution is 7.42. The van der Waals surface area contributed by atoms with E-state index < -0.39 is 17.2 Å². The van der Waals surface area contributed by atoms with Crippen LogP contribution in [0.3, 0.4) is 0 Å². The maximum atomic E-state index is 7.16. The Morgan fingerprint density at radius 2 is 0.726 bits per heavy atom. The number of rotatable bonds is 16. The van der Waals surface area contributed by atoms with E-state index in [1.54, 1.807) is 0 Å². The Morgan fingerprint density at radius 1 is 0.435 bits per heavy atom. The van der Waals surface area contributed by atoms with Crippen LogP contribution in [0.5, 0.6) is 23.0 Å². The molecule has 62 heavy (non-hydrogen) atoms. The number of benzene rings is 2. The molecular weight excluding hydrogens is 811 g/mol. The fourth-order valence-corrected chi connectivity index (χ4v) is 14.5. The summed E-state index contributed by atoms with van der Waals surface area (Å²) in [7, 11) is -3.45. The number of para-hydroxylation sites is 2. The molecule has 9 heteroatoms. The summed E-state index contributed by atoms with van der Waals surface area (Å²) in [6.07, 6.45) is 14.9. The molecule has 0 bridgehead atoms. The van der Waals surface area contributed by atoms with E-state index in [4.69, 9.17) is 31.9 Å². The molecule has 0 saturated heterocycles. The van der Waals surface area contributed by atoms with Crippen molar-refractivity contribution in [3.8, 4) is 23.0 Å². The molecule has 1 heterocycles. The summed E-state index contributed by atoms with van der Waals surface area (Å²) in [6.45, 7) is 28.2. The summed E-state index contributed by atoms with van der Waals surface area (Å²) in [5, 5.41) is 0. The molecule has 2 aromatic rings. The van der Waals surface area contributed by atoms with E-state index in [1.165, 1.54) is 51.4 Å². The standard InChI is InChI=1S/C53H84O7P2/c1-32(2)42-23-19-36(9)27-48(42)57-61(58-49-28-37(10)20-24-43(49)33(3)4)55-46-17-13-15-40-31-41-16-14-18-47(53(41)54-52(40)46)56-62(59-50-29-38(11)21-25-44(50)34(5)6)60-51-30-39(12)22-26-45(51)35(7)8/h13-18,32-39,42-45,48-51H,19-31H2,1-12H3/t36-,37-,38-,39-,42+,43?,44+,45?,48-,49-,50-,51-,61?,62?/m1/s1. The van der Waals surface area contributed by atoms with Crippen LogP contribution in [0, 0.1) is 71.0 Å². The molecule has 5 aliphatic rings. The maximum absolute atomic E-state index is 7.16. The smallest absolute Gasteiger partial charge is 0.397 e. The van der Waals surface area contributed by atoms with Gasteiger partial charge in [0.2, 0.25) is 0 Å². The molecule has 14 atom stereocenters. The van der Waals surface area contributed by atoms with E-state index >= 15 is 0 Å². The van der Waals surface area contributed by atoms with Crippen molar-refractivity contribution in [1.29, 1.82) is 0 Å². The van der Waals surface area contributed by atoms with Gasteiger partial charge in [0.15, 0.2) is 23.0 Å². The molecule has 7 nitrogen and oxygen atoms in total. The van der Waals surface area contributed by atoms with Crippen LogP contribution in [-0.4, -0.2) is 24.4 Å². The Morgan fingerprint density at radius 3 is 1.00 bits per heavy atom. The van der Waals surface area contributed by atoms with Crippen molar-refractivity contribution in [2.75, 3.05) is 0 Å². The molecular formula is C53H84O7P2.